The van der Waals surface area contributed by atoms with E-state index in [4.69, 9.17) is 0 Å². The lowest BCUT2D eigenvalue weighted by Gasteiger charge is -2.61. The molecule has 292 valence electrons. The smallest absolute Gasteiger partial charge is 0.0465 e. The second-order valence-electron chi connectivity index (χ2n) is 20.4. The molecule has 6 aliphatic carbocycles. The van der Waals surface area contributed by atoms with Crippen molar-refractivity contribution in [3.8, 4) is 33.4 Å². The van der Waals surface area contributed by atoms with Crippen molar-refractivity contribution in [3.05, 3.63) is 174 Å². The molecule has 59 heavy (non-hydrogen) atoms. The summed E-state index contributed by atoms with van der Waals surface area (Å²) in [6.45, 7) is 9.79. The monoisotopic (exact) mass is 765 g/mol. The number of hydrogen-bond donors (Lipinski definition) is 0. The van der Waals surface area contributed by atoms with Crippen LogP contribution in [0, 0.1) is 23.7 Å². The summed E-state index contributed by atoms with van der Waals surface area (Å²) in [7, 11) is 0. The van der Waals surface area contributed by atoms with Crippen LogP contribution < -0.4 is 4.90 Å². The van der Waals surface area contributed by atoms with Gasteiger partial charge in [0.15, 0.2) is 0 Å². The molecule has 0 heterocycles. The van der Waals surface area contributed by atoms with Gasteiger partial charge in [-0.25, -0.2) is 0 Å². The molecule has 1 spiro atoms. The lowest BCUT2D eigenvalue weighted by Crippen LogP contribution is -2.55. The van der Waals surface area contributed by atoms with Crippen LogP contribution in [0.15, 0.2) is 152 Å². The van der Waals surface area contributed by atoms with Crippen LogP contribution in [0.2, 0.25) is 0 Å². The molecule has 0 unspecified atom stereocenters. The average Bonchev–Trinajstić information content (AvgIpc) is 3.54. The fourth-order valence-corrected chi connectivity index (χ4v) is 13.6. The molecule has 0 radical (unpaired) electrons. The maximum atomic E-state index is 2.66. The standard InChI is InChI=1S/C58H55N/c1-56(2)27-28-57(3,4)55-36-47(24-26-53(55)56)59(45-21-19-39(20-22-45)41-13-9-14-42(34-41)49-17-10-12-40-11-5-6-15-48(40)49)46-23-25-51-50-16-7-8-18-52(50)58(54(51)35-46)43-30-37-29-38(32-43)33-44(58)31-37/h5-26,34-38,43-44H,27-33H2,1-4H3. The molecule has 7 aromatic carbocycles. The van der Waals surface area contributed by atoms with Crippen LogP contribution in [0.4, 0.5) is 17.1 Å². The number of benzene rings is 7. The second-order valence-corrected chi connectivity index (χ2v) is 20.4. The Balaban J connectivity index is 1.00. The van der Waals surface area contributed by atoms with Crippen LogP contribution in [0.25, 0.3) is 44.2 Å². The Morgan fingerprint density at radius 2 is 0.983 bits per heavy atom. The zero-order valence-corrected chi connectivity index (χ0v) is 35.1. The van der Waals surface area contributed by atoms with Crippen LogP contribution in [0.5, 0.6) is 0 Å². The maximum Gasteiger partial charge on any atom is 0.0465 e. The molecule has 1 heteroatoms. The molecule has 0 aromatic heterocycles. The van der Waals surface area contributed by atoms with Crippen molar-refractivity contribution >= 4 is 27.8 Å². The zero-order valence-electron chi connectivity index (χ0n) is 35.1. The normalized spacial score (nSPS) is 25.2. The summed E-state index contributed by atoms with van der Waals surface area (Å²) < 4.78 is 0. The predicted molar refractivity (Wildman–Crippen MR) is 248 cm³/mol. The lowest BCUT2D eigenvalue weighted by atomic mass is 9.43. The van der Waals surface area contributed by atoms with Gasteiger partial charge in [0.05, 0.1) is 0 Å². The SMILES string of the molecule is CC1(C)CCC(C)(C)c2cc(N(c3ccc(-c4cccc(-c5cccc6ccccc56)c4)cc3)c3ccc4c(c3)C3(c5ccccc5-4)C4CC5CC(C4)CC3C5)ccc21. The number of rotatable bonds is 5. The largest absolute Gasteiger partial charge is 0.310 e. The van der Waals surface area contributed by atoms with E-state index < -0.39 is 0 Å². The highest BCUT2D eigenvalue weighted by Crippen LogP contribution is 2.69. The van der Waals surface area contributed by atoms with Crippen LogP contribution >= 0.6 is 0 Å². The first-order chi connectivity index (χ1) is 28.7. The zero-order chi connectivity index (χ0) is 39.7. The Labute approximate surface area is 351 Å². The molecule has 0 aliphatic heterocycles. The highest BCUT2D eigenvalue weighted by molar-refractivity contribution is 5.97. The first kappa shape index (κ1) is 35.5. The summed E-state index contributed by atoms with van der Waals surface area (Å²) in [6, 6.07) is 58.4. The number of nitrogens with zero attached hydrogens (tertiary/aromatic N) is 1. The molecule has 6 aliphatic rings. The van der Waals surface area contributed by atoms with Crippen LogP contribution in [0.3, 0.4) is 0 Å². The van der Waals surface area contributed by atoms with Crippen molar-refractivity contribution in [2.45, 2.75) is 88.9 Å². The topological polar surface area (TPSA) is 3.24 Å². The van der Waals surface area contributed by atoms with E-state index in [2.05, 4.69) is 184 Å². The van der Waals surface area contributed by atoms with Gasteiger partial charge in [-0.2, -0.15) is 0 Å². The van der Waals surface area contributed by atoms with Gasteiger partial charge >= 0.3 is 0 Å². The third kappa shape index (κ3) is 5.29. The molecule has 4 saturated carbocycles. The van der Waals surface area contributed by atoms with Gasteiger partial charge in [-0.3, -0.25) is 0 Å². The van der Waals surface area contributed by atoms with Gasteiger partial charge in [0.25, 0.3) is 0 Å². The van der Waals surface area contributed by atoms with Gasteiger partial charge in [0, 0.05) is 22.5 Å². The molecule has 0 atom stereocenters. The van der Waals surface area contributed by atoms with E-state index in [-0.39, 0.29) is 16.2 Å². The third-order valence-electron chi connectivity index (χ3n) is 16.3. The van der Waals surface area contributed by atoms with Gasteiger partial charge in [-0.1, -0.05) is 137 Å². The predicted octanol–water partition coefficient (Wildman–Crippen LogP) is 15.7. The fourth-order valence-electron chi connectivity index (χ4n) is 13.6. The van der Waals surface area contributed by atoms with E-state index in [1.165, 1.54) is 117 Å². The van der Waals surface area contributed by atoms with E-state index in [0.717, 1.165) is 23.7 Å². The molecule has 13 rings (SSSR count). The summed E-state index contributed by atoms with van der Waals surface area (Å²) in [5, 5.41) is 2.57. The average molecular weight is 766 g/mol. The van der Waals surface area contributed by atoms with Crippen molar-refractivity contribution in [2.75, 3.05) is 4.90 Å². The van der Waals surface area contributed by atoms with E-state index in [9.17, 15) is 0 Å². The first-order valence-electron chi connectivity index (χ1n) is 22.6. The van der Waals surface area contributed by atoms with E-state index in [1.807, 2.05) is 0 Å². The van der Waals surface area contributed by atoms with Gasteiger partial charge < -0.3 is 4.90 Å². The molecule has 4 bridgehead atoms. The molecular formula is C58H55N. The highest BCUT2D eigenvalue weighted by Gasteiger charge is 2.61. The summed E-state index contributed by atoms with van der Waals surface area (Å²) >= 11 is 0. The van der Waals surface area contributed by atoms with Gasteiger partial charge in [-0.05, 0) is 188 Å². The first-order valence-corrected chi connectivity index (χ1v) is 22.6. The van der Waals surface area contributed by atoms with Crippen molar-refractivity contribution in [3.63, 3.8) is 0 Å². The van der Waals surface area contributed by atoms with Gasteiger partial charge in [-0.15, -0.1) is 0 Å². The summed E-state index contributed by atoms with van der Waals surface area (Å²) in [4.78, 5) is 2.58. The highest BCUT2D eigenvalue weighted by atomic mass is 15.1. The Hall–Kier alpha value is -5.40. The second kappa shape index (κ2) is 12.8. The molecule has 0 N–H and O–H groups in total. The van der Waals surface area contributed by atoms with Crippen LogP contribution in [0.1, 0.15) is 94.9 Å². The van der Waals surface area contributed by atoms with Gasteiger partial charge in [0.2, 0.25) is 0 Å². The molecular weight excluding hydrogens is 711 g/mol. The molecule has 0 saturated heterocycles. The summed E-state index contributed by atoms with van der Waals surface area (Å²) in [6.07, 6.45) is 9.48. The summed E-state index contributed by atoms with van der Waals surface area (Å²) in [5.41, 5.74) is 18.4. The van der Waals surface area contributed by atoms with Crippen molar-refractivity contribution in [2.24, 2.45) is 23.7 Å². The molecule has 4 fully saturated rings. The Morgan fingerprint density at radius 3 is 1.76 bits per heavy atom. The van der Waals surface area contributed by atoms with E-state index >= 15 is 0 Å². The Bertz CT molecular complexity index is 2770. The Morgan fingerprint density at radius 1 is 0.407 bits per heavy atom. The van der Waals surface area contributed by atoms with E-state index in [1.54, 1.807) is 11.1 Å². The fraction of sp³-hybridized carbons (Fsp3) is 0.310. The molecule has 0 amide bonds. The lowest BCUT2D eigenvalue weighted by molar-refractivity contribution is -0.0399. The Kier molecular flexibility index (Phi) is 7.71. The van der Waals surface area contributed by atoms with Crippen LogP contribution in [-0.4, -0.2) is 0 Å². The van der Waals surface area contributed by atoms with Gasteiger partial charge in [0.1, 0.15) is 0 Å². The van der Waals surface area contributed by atoms with Crippen molar-refractivity contribution in [1.82, 2.24) is 0 Å². The van der Waals surface area contributed by atoms with Crippen molar-refractivity contribution < 1.29 is 0 Å². The van der Waals surface area contributed by atoms with Crippen molar-refractivity contribution in [1.29, 1.82) is 0 Å². The minimum atomic E-state index is 0.121. The van der Waals surface area contributed by atoms with E-state index in [0.29, 0.717) is 0 Å². The van der Waals surface area contributed by atoms with Crippen LogP contribution in [-0.2, 0) is 16.2 Å². The summed E-state index contributed by atoms with van der Waals surface area (Å²) in [5.74, 6) is 3.32. The number of anilines is 3. The minimum Gasteiger partial charge on any atom is -0.310 e. The number of hydrogen-bond acceptors (Lipinski definition) is 1. The minimum absolute atomic E-state index is 0.121. The third-order valence-corrected chi connectivity index (χ3v) is 16.3. The quantitative estimate of drug-likeness (QED) is 0.169. The maximum absolute atomic E-state index is 2.66. The molecule has 1 nitrogen and oxygen atoms in total. The molecule has 7 aromatic rings. The number of fused-ring (bicyclic) bond motifs is 5.